The molecule has 1 atom stereocenters. The van der Waals surface area contributed by atoms with Gasteiger partial charge in [-0.1, -0.05) is 0 Å². The second kappa shape index (κ2) is 6.80. The smallest absolute Gasteiger partial charge is 0.293 e. The SMILES string of the molecule is CCOCC(C)NC(=O)c1c(F)ccc([N+](=O)[O-])c1N. The third-order valence-electron chi connectivity index (χ3n) is 2.54. The normalized spacial score (nSPS) is 11.9. The maximum Gasteiger partial charge on any atom is 0.293 e. The van der Waals surface area contributed by atoms with Gasteiger partial charge in [-0.2, -0.15) is 0 Å². The number of ether oxygens (including phenoxy) is 1. The molecule has 3 N–H and O–H groups in total. The number of hydrogen-bond donors (Lipinski definition) is 2. The number of nitrogens with two attached hydrogens (primary N) is 1. The Morgan fingerprint density at radius 1 is 1.60 bits per heavy atom. The highest BCUT2D eigenvalue weighted by Crippen LogP contribution is 2.27. The van der Waals surface area contributed by atoms with Gasteiger partial charge in [-0.25, -0.2) is 4.39 Å². The second-order valence-corrected chi connectivity index (χ2v) is 4.15. The van der Waals surface area contributed by atoms with E-state index in [-0.39, 0.29) is 12.6 Å². The zero-order valence-corrected chi connectivity index (χ0v) is 11.2. The van der Waals surface area contributed by atoms with Crippen molar-refractivity contribution in [1.29, 1.82) is 0 Å². The number of benzene rings is 1. The molecule has 20 heavy (non-hydrogen) atoms. The Bertz CT molecular complexity index is 522. The van der Waals surface area contributed by atoms with E-state index in [0.29, 0.717) is 6.61 Å². The van der Waals surface area contributed by atoms with Gasteiger partial charge in [0.1, 0.15) is 17.1 Å². The molecule has 8 heteroatoms. The van der Waals surface area contributed by atoms with E-state index < -0.39 is 33.6 Å². The molecule has 0 spiro atoms. The molecule has 0 saturated heterocycles. The highest BCUT2D eigenvalue weighted by Gasteiger charge is 2.24. The fourth-order valence-corrected chi connectivity index (χ4v) is 1.60. The summed E-state index contributed by atoms with van der Waals surface area (Å²) in [5.41, 5.74) is 3.97. The van der Waals surface area contributed by atoms with E-state index in [1.165, 1.54) is 0 Å². The van der Waals surface area contributed by atoms with E-state index in [0.717, 1.165) is 12.1 Å². The summed E-state index contributed by atoms with van der Waals surface area (Å²) in [6.07, 6.45) is 0. The topological polar surface area (TPSA) is 107 Å². The molecule has 0 fully saturated rings. The first-order chi connectivity index (χ1) is 9.38. The van der Waals surface area contributed by atoms with Crippen molar-refractivity contribution in [1.82, 2.24) is 5.32 Å². The zero-order chi connectivity index (χ0) is 15.3. The van der Waals surface area contributed by atoms with Crippen LogP contribution < -0.4 is 11.1 Å². The molecule has 1 unspecified atom stereocenters. The number of nitro groups is 1. The highest BCUT2D eigenvalue weighted by atomic mass is 19.1. The Hall–Kier alpha value is -2.22. The number of carbonyl (C=O) groups is 1. The van der Waals surface area contributed by atoms with Crippen molar-refractivity contribution in [2.24, 2.45) is 0 Å². The van der Waals surface area contributed by atoms with Crippen molar-refractivity contribution in [3.05, 3.63) is 33.6 Å². The lowest BCUT2D eigenvalue weighted by atomic mass is 10.1. The highest BCUT2D eigenvalue weighted by molar-refractivity contribution is 6.01. The molecule has 1 aromatic carbocycles. The number of halogens is 1. The Kier molecular flexibility index (Phi) is 5.39. The largest absolute Gasteiger partial charge is 0.392 e. The van der Waals surface area contributed by atoms with Crippen LogP contribution in [0.3, 0.4) is 0 Å². The van der Waals surface area contributed by atoms with Gasteiger partial charge in [0.05, 0.1) is 11.5 Å². The predicted octanol–water partition coefficient (Wildman–Crippen LogP) is 1.47. The second-order valence-electron chi connectivity index (χ2n) is 4.15. The number of amides is 1. The predicted molar refractivity (Wildman–Crippen MR) is 70.9 cm³/mol. The average molecular weight is 285 g/mol. The van der Waals surface area contributed by atoms with Crippen molar-refractivity contribution < 1.29 is 18.8 Å². The summed E-state index contributed by atoms with van der Waals surface area (Å²) < 4.78 is 18.8. The van der Waals surface area contributed by atoms with Gasteiger partial charge in [-0.3, -0.25) is 14.9 Å². The van der Waals surface area contributed by atoms with Gasteiger partial charge in [0.15, 0.2) is 0 Å². The summed E-state index contributed by atoms with van der Waals surface area (Å²) in [5, 5.41) is 13.2. The summed E-state index contributed by atoms with van der Waals surface area (Å²) in [5.74, 6) is -1.72. The Morgan fingerprint density at radius 2 is 2.25 bits per heavy atom. The quantitative estimate of drug-likeness (QED) is 0.467. The molecule has 1 aromatic rings. The summed E-state index contributed by atoms with van der Waals surface area (Å²) in [6, 6.07) is 1.39. The third-order valence-corrected chi connectivity index (χ3v) is 2.54. The van der Waals surface area contributed by atoms with E-state index in [1.807, 2.05) is 0 Å². The number of hydrogen-bond acceptors (Lipinski definition) is 5. The van der Waals surface area contributed by atoms with Gasteiger partial charge in [-0.15, -0.1) is 0 Å². The first-order valence-corrected chi connectivity index (χ1v) is 5.99. The first kappa shape index (κ1) is 15.8. The summed E-state index contributed by atoms with van der Waals surface area (Å²) in [4.78, 5) is 21.9. The van der Waals surface area contributed by atoms with Crippen LogP contribution in [0.2, 0.25) is 0 Å². The van der Waals surface area contributed by atoms with Crippen LogP contribution in [-0.2, 0) is 4.74 Å². The van der Waals surface area contributed by atoms with Crippen molar-refractivity contribution in [3.63, 3.8) is 0 Å². The van der Waals surface area contributed by atoms with Crippen LogP contribution in [0.5, 0.6) is 0 Å². The van der Waals surface area contributed by atoms with Crippen LogP contribution in [0.1, 0.15) is 24.2 Å². The van der Waals surface area contributed by atoms with Crippen LogP contribution in [0.4, 0.5) is 15.8 Å². The molecule has 1 rings (SSSR count). The van der Waals surface area contributed by atoms with E-state index in [4.69, 9.17) is 10.5 Å². The van der Waals surface area contributed by atoms with E-state index >= 15 is 0 Å². The molecule has 0 heterocycles. The van der Waals surface area contributed by atoms with Crippen LogP contribution in [0, 0.1) is 15.9 Å². The molecular weight excluding hydrogens is 269 g/mol. The molecule has 0 aliphatic heterocycles. The van der Waals surface area contributed by atoms with Crippen molar-refractivity contribution >= 4 is 17.3 Å². The minimum absolute atomic E-state index is 0.249. The van der Waals surface area contributed by atoms with Crippen LogP contribution >= 0.6 is 0 Å². The number of nitro benzene ring substituents is 1. The van der Waals surface area contributed by atoms with E-state index in [1.54, 1.807) is 13.8 Å². The van der Waals surface area contributed by atoms with Crippen LogP contribution in [-0.4, -0.2) is 30.1 Å². The molecule has 0 aromatic heterocycles. The number of nitrogens with zero attached hydrogens (tertiary/aromatic N) is 1. The van der Waals surface area contributed by atoms with E-state index in [2.05, 4.69) is 5.32 Å². The standard InChI is InChI=1S/C12H16FN3O4/c1-3-20-6-7(2)15-12(17)10-8(13)4-5-9(11(10)14)16(18)19/h4-5,7H,3,6,14H2,1-2H3,(H,15,17). The zero-order valence-electron chi connectivity index (χ0n) is 11.2. The summed E-state index contributed by atoms with van der Waals surface area (Å²) in [6.45, 7) is 4.19. The lowest BCUT2D eigenvalue weighted by Crippen LogP contribution is -2.36. The third kappa shape index (κ3) is 3.64. The molecule has 110 valence electrons. The molecule has 0 radical (unpaired) electrons. The van der Waals surface area contributed by atoms with Gasteiger partial charge >= 0.3 is 0 Å². The van der Waals surface area contributed by atoms with Crippen LogP contribution in [0.15, 0.2) is 12.1 Å². The maximum atomic E-state index is 13.7. The number of anilines is 1. The molecule has 0 aliphatic carbocycles. The molecule has 0 bridgehead atoms. The summed E-state index contributed by atoms with van der Waals surface area (Å²) in [7, 11) is 0. The maximum absolute atomic E-state index is 13.7. The minimum atomic E-state index is -0.908. The molecule has 0 aliphatic rings. The molecule has 0 saturated carbocycles. The lowest BCUT2D eigenvalue weighted by Gasteiger charge is -2.14. The lowest BCUT2D eigenvalue weighted by molar-refractivity contribution is -0.384. The van der Waals surface area contributed by atoms with Gasteiger partial charge in [0.2, 0.25) is 0 Å². The molecule has 1 amide bonds. The van der Waals surface area contributed by atoms with Crippen LogP contribution in [0.25, 0.3) is 0 Å². The Morgan fingerprint density at radius 3 is 2.80 bits per heavy atom. The van der Waals surface area contributed by atoms with Gasteiger partial charge in [-0.05, 0) is 19.9 Å². The van der Waals surface area contributed by atoms with Crippen molar-refractivity contribution in [3.8, 4) is 0 Å². The Balaban J connectivity index is 2.98. The summed E-state index contributed by atoms with van der Waals surface area (Å²) >= 11 is 0. The van der Waals surface area contributed by atoms with Gasteiger partial charge in [0, 0.05) is 18.7 Å². The van der Waals surface area contributed by atoms with E-state index in [9.17, 15) is 19.3 Å². The number of carbonyl (C=O) groups excluding carboxylic acids is 1. The number of rotatable bonds is 6. The van der Waals surface area contributed by atoms with Crippen molar-refractivity contribution in [2.75, 3.05) is 18.9 Å². The van der Waals surface area contributed by atoms with Gasteiger partial charge < -0.3 is 15.8 Å². The fraction of sp³-hybridized carbons (Fsp3) is 0.417. The number of nitrogens with one attached hydrogen (secondary N) is 1. The van der Waals surface area contributed by atoms with Gasteiger partial charge in [0.25, 0.3) is 11.6 Å². The minimum Gasteiger partial charge on any atom is -0.392 e. The molecule has 7 nitrogen and oxygen atoms in total. The Labute approximate surface area is 115 Å². The monoisotopic (exact) mass is 285 g/mol. The molecular formula is C12H16FN3O4. The number of nitrogen functional groups attached to an aromatic ring is 1. The fourth-order valence-electron chi connectivity index (χ4n) is 1.60. The van der Waals surface area contributed by atoms with Crippen molar-refractivity contribution in [2.45, 2.75) is 19.9 Å². The first-order valence-electron chi connectivity index (χ1n) is 5.99. The average Bonchev–Trinajstić information content (AvgIpc) is 2.35.